The van der Waals surface area contributed by atoms with Crippen molar-refractivity contribution < 1.29 is 9.53 Å². The zero-order valence-electron chi connectivity index (χ0n) is 14.4. The predicted octanol–water partition coefficient (Wildman–Crippen LogP) is 4.29. The topological polar surface area (TPSA) is 64.1 Å². The Labute approximate surface area is 151 Å². The van der Waals surface area contributed by atoms with Gasteiger partial charge >= 0.3 is 0 Å². The van der Waals surface area contributed by atoms with Gasteiger partial charge in [-0.05, 0) is 56.2 Å². The van der Waals surface area contributed by atoms with Crippen LogP contribution in [0.5, 0.6) is 5.75 Å². The number of aryl methyl sites for hydroxylation is 3. The van der Waals surface area contributed by atoms with E-state index >= 15 is 0 Å². The molecule has 6 heteroatoms. The predicted molar refractivity (Wildman–Crippen MR) is 99.3 cm³/mol. The monoisotopic (exact) mass is 353 g/mol. The van der Waals surface area contributed by atoms with E-state index in [0.717, 1.165) is 28.2 Å². The molecule has 0 spiro atoms. The Morgan fingerprint density at radius 1 is 1.12 bits per heavy atom. The van der Waals surface area contributed by atoms with Crippen LogP contribution in [0.1, 0.15) is 32.9 Å². The van der Waals surface area contributed by atoms with Crippen LogP contribution >= 0.6 is 11.7 Å². The van der Waals surface area contributed by atoms with Crippen LogP contribution in [0.3, 0.4) is 0 Å². The van der Waals surface area contributed by atoms with Crippen LogP contribution < -0.4 is 10.1 Å². The van der Waals surface area contributed by atoms with Gasteiger partial charge in [-0.1, -0.05) is 18.2 Å². The number of carbonyl (C=O) groups is 1. The average Bonchev–Trinajstić information content (AvgIpc) is 3.01. The number of anilines is 1. The first-order valence-corrected chi connectivity index (χ1v) is 8.65. The Bertz CT molecular complexity index is 905. The summed E-state index contributed by atoms with van der Waals surface area (Å²) in [5, 5.41) is 2.96. The molecule has 0 bridgehead atoms. The Morgan fingerprint density at radius 3 is 2.72 bits per heavy atom. The van der Waals surface area contributed by atoms with Gasteiger partial charge in [0.15, 0.2) is 0 Å². The second kappa shape index (κ2) is 7.44. The van der Waals surface area contributed by atoms with E-state index in [1.165, 1.54) is 11.7 Å². The molecule has 2 aromatic carbocycles. The maximum absolute atomic E-state index is 12.5. The summed E-state index contributed by atoms with van der Waals surface area (Å²) in [6.07, 6.45) is 0. The van der Waals surface area contributed by atoms with Gasteiger partial charge in [0.25, 0.3) is 5.91 Å². The van der Waals surface area contributed by atoms with Crippen LogP contribution in [0.25, 0.3) is 0 Å². The van der Waals surface area contributed by atoms with Crippen molar-refractivity contribution in [2.24, 2.45) is 0 Å². The van der Waals surface area contributed by atoms with Crippen molar-refractivity contribution in [1.82, 2.24) is 8.75 Å². The largest absolute Gasteiger partial charge is 0.487 e. The van der Waals surface area contributed by atoms with Gasteiger partial charge in [0.2, 0.25) is 0 Å². The summed E-state index contributed by atoms with van der Waals surface area (Å²) >= 11 is 1.17. The number of aromatic nitrogens is 2. The summed E-state index contributed by atoms with van der Waals surface area (Å²) in [5.74, 6) is 0.465. The lowest BCUT2D eigenvalue weighted by Crippen LogP contribution is -2.13. The summed E-state index contributed by atoms with van der Waals surface area (Å²) in [7, 11) is 0. The number of ether oxygens (including phenoxy) is 1. The number of carbonyl (C=O) groups excluding carboxylic acids is 1. The molecule has 0 aliphatic rings. The van der Waals surface area contributed by atoms with Crippen LogP contribution in [-0.4, -0.2) is 14.7 Å². The Balaban J connectivity index is 1.71. The van der Waals surface area contributed by atoms with Crippen molar-refractivity contribution in [3.05, 3.63) is 70.5 Å². The first kappa shape index (κ1) is 17.1. The fraction of sp³-hybridized carbons (Fsp3) is 0.211. The molecule has 128 valence electrons. The molecule has 1 amide bonds. The maximum Gasteiger partial charge on any atom is 0.255 e. The van der Waals surface area contributed by atoms with Crippen molar-refractivity contribution >= 4 is 23.3 Å². The Kier molecular flexibility index (Phi) is 5.09. The fourth-order valence-electron chi connectivity index (χ4n) is 2.32. The van der Waals surface area contributed by atoms with Crippen molar-refractivity contribution in [2.45, 2.75) is 27.4 Å². The Morgan fingerprint density at radius 2 is 1.96 bits per heavy atom. The van der Waals surface area contributed by atoms with Crippen LogP contribution in [0.2, 0.25) is 0 Å². The first-order valence-electron chi connectivity index (χ1n) is 7.92. The summed E-state index contributed by atoms with van der Waals surface area (Å²) in [6, 6.07) is 13.1. The number of amides is 1. The van der Waals surface area contributed by atoms with Gasteiger partial charge in [-0.15, -0.1) is 0 Å². The second-order valence-electron chi connectivity index (χ2n) is 5.89. The van der Waals surface area contributed by atoms with E-state index in [1.54, 1.807) is 18.2 Å². The second-order valence-corrected chi connectivity index (χ2v) is 6.41. The van der Waals surface area contributed by atoms with E-state index < -0.39 is 0 Å². The van der Waals surface area contributed by atoms with Crippen molar-refractivity contribution in [2.75, 3.05) is 5.32 Å². The van der Waals surface area contributed by atoms with Crippen LogP contribution in [0.4, 0.5) is 5.69 Å². The number of benzene rings is 2. The molecule has 1 aromatic heterocycles. The molecule has 0 radical (unpaired) electrons. The summed E-state index contributed by atoms with van der Waals surface area (Å²) in [5.41, 5.74) is 5.18. The van der Waals surface area contributed by atoms with Gasteiger partial charge in [-0.25, -0.2) is 0 Å². The lowest BCUT2D eigenvalue weighted by Gasteiger charge is -2.10. The maximum atomic E-state index is 12.5. The number of hydrogen-bond acceptors (Lipinski definition) is 5. The molecular formula is C19H19N3O2S. The lowest BCUT2D eigenvalue weighted by molar-refractivity contribution is 0.102. The zero-order valence-corrected chi connectivity index (χ0v) is 15.2. The molecule has 1 N–H and O–H groups in total. The van der Waals surface area contributed by atoms with E-state index in [-0.39, 0.29) is 5.91 Å². The molecule has 3 rings (SSSR count). The molecule has 25 heavy (non-hydrogen) atoms. The Hall–Kier alpha value is -2.73. The third-order valence-electron chi connectivity index (χ3n) is 3.86. The van der Waals surface area contributed by atoms with E-state index in [0.29, 0.717) is 17.9 Å². The highest BCUT2D eigenvalue weighted by molar-refractivity contribution is 6.99. The summed E-state index contributed by atoms with van der Waals surface area (Å²) < 4.78 is 14.1. The molecule has 0 unspecified atom stereocenters. The quantitative estimate of drug-likeness (QED) is 0.743. The molecule has 0 aliphatic heterocycles. The molecular weight excluding hydrogens is 334 g/mol. The van der Waals surface area contributed by atoms with Gasteiger partial charge in [0, 0.05) is 11.3 Å². The molecule has 0 saturated carbocycles. The van der Waals surface area contributed by atoms with Gasteiger partial charge in [-0.3, -0.25) is 4.79 Å². The summed E-state index contributed by atoms with van der Waals surface area (Å²) in [4.78, 5) is 12.5. The van der Waals surface area contributed by atoms with Gasteiger partial charge in [0.05, 0.1) is 17.4 Å². The molecule has 0 atom stereocenters. The molecule has 1 heterocycles. The van der Waals surface area contributed by atoms with E-state index in [2.05, 4.69) is 14.1 Å². The highest BCUT2D eigenvalue weighted by atomic mass is 32.1. The van der Waals surface area contributed by atoms with Crippen LogP contribution in [0, 0.1) is 20.8 Å². The third kappa shape index (κ3) is 4.22. The lowest BCUT2D eigenvalue weighted by atomic mass is 10.1. The van der Waals surface area contributed by atoms with Crippen LogP contribution in [0.15, 0.2) is 42.5 Å². The van der Waals surface area contributed by atoms with Gasteiger partial charge < -0.3 is 10.1 Å². The smallest absolute Gasteiger partial charge is 0.255 e. The highest BCUT2D eigenvalue weighted by Crippen LogP contribution is 2.20. The van der Waals surface area contributed by atoms with E-state index in [1.807, 2.05) is 45.0 Å². The van der Waals surface area contributed by atoms with Crippen molar-refractivity contribution in [3.63, 3.8) is 0 Å². The minimum atomic E-state index is -0.161. The SMILES string of the molecule is Cc1ccc(C)c(NC(=O)c2cccc(OCc3nsnc3C)c2)c1. The van der Waals surface area contributed by atoms with Crippen LogP contribution in [-0.2, 0) is 6.61 Å². The van der Waals surface area contributed by atoms with Gasteiger partial charge in [0.1, 0.15) is 18.1 Å². The van der Waals surface area contributed by atoms with E-state index in [9.17, 15) is 4.79 Å². The summed E-state index contributed by atoms with van der Waals surface area (Å²) in [6.45, 7) is 6.21. The number of rotatable bonds is 5. The number of nitrogens with one attached hydrogen (secondary N) is 1. The molecule has 3 aromatic rings. The number of hydrogen-bond donors (Lipinski definition) is 1. The highest BCUT2D eigenvalue weighted by Gasteiger charge is 2.10. The van der Waals surface area contributed by atoms with Crippen molar-refractivity contribution in [1.29, 1.82) is 0 Å². The third-order valence-corrected chi connectivity index (χ3v) is 4.52. The standard InChI is InChI=1S/C19H19N3O2S/c1-12-7-8-13(2)17(9-12)20-19(23)15-5-4-6-16(10-15)24-11-18-14(3)21-25-22-18/h4-10H,11H2,1-3H3,(H,20,23). The van der Waals surface area contributed by atoms with Gasteiger partial charge in [-0.2, -0.15) is 8.75 Å². The zero-order chi connectivity index (χ0) is 17.8. The fourth-order valence-corrected chi connectivity index (χ4v) is 2.88. The average molecular weight is 353 g/mol. The van der Waals surface area contributed by atoms with Crippen molar-refractivity contribution in [3.8, 4) is 5.75 Å². The molecule has 0 aliphatic carbocycles. The molecule has 5 nitrogen and oxygen atoms in total. The van der Waals surface area contributed by atoms with E-state index in [4.69, 9.17) is 4.74 Å². The number of nitrogens with zero attached hydrogens (tertiary/aromatic N) is 2. The molecule has 0 saturated heterocycles. The molecule has 0 fully saturated rings. The normalized spacial score (nSPS) is 10.5. The minimum absolute atomic E-state index is 0.161. The first-order chi connectivity index (χ1) is 12.0. The minimum Gasteiger partial charge on any atom is -0.487 e.